The normalized spacial score (nSPS) is 14.7. The highest BCUT2D eigenvalue weighted by Gasteiger charge is 2.21. The summed E-state index contributed by atoms with van der Waals surface area (Å²) >= 11 is 1.16. The number of likely N-dealkylation sites (tertiary alicyclic amines) is 1. The summed E-state index contributed by atoms with van der Waals surface area (Å²) < 4.78 is 27.9. The molecule has 1 fully saturated rings. The Morgan fingerprint density at radius 1 is 1.12 bits per heavy atom. The molecule has 7 heteroatoms. The molecule has 3 rings (SSSR count). The van der Waals surface area contributed by atoms with Crippen molar-refractivity contribution in [2.45, 2.75) is 36.8 Å². The lowest BCUT2D eigenvalue weighted by Crippen LogP contribution is -2.28. The van der Waals surface area contributed by atoms with Crippen molar-refractivity contribution < 1.29 is 13.2 Å². The summed E-state index contributed by atoms with van der Waals surface area (Å²) in [6, 6.07) is 10.6. The second-order valence-corrected chi connectivity index (χ2v) is 9.22. The van der Waals surface area contributed by atoms with E-state index in [1.807, 2.05) is 17.0 Å². The molecule has 0 saturated carbocycles. The van der Waals surface area contributed by atoms with Crippen molar-refractivity contribution in [3.63, 3.8) is 0 Å². The Morgan fingerprint density at radius 3 is 2.44 bits per heavy atom. The minimum Gasteiger partial charge on any atom is -0.342 e. The van der Waals surface area contributed by atoms with Gasteiger partial charge in [-0.2, -0.15) is 0 Å². The summed E-state index contributed by atoms with van der Waals surface area (Å²) in [5.41, 5.74) is 1.70. The number of hydrogen-bond acceptors (Lipinski definition) is 4. The highest BCUT2D eigenvalue weighted by atomic mass is 32.2. The molecule has 1 aromatic heterocycles. The van der Waals surface area contributed by atoms with Crippen molar-refractivity contribution >= 4 is 33.0 Å². The third-order valence-corrected chi connectivity index (χ3v) is 7.26. The van der Waals surface area contributed by atoms with Crippen LogP contribution in [0.3, 0.4) is 0 Å². The zero-order valence-corrected chi connectivity index (χ0v) is 15.8. The summed E-state index contributed by atoms with van der Waals surface area (Å²) in [6.07, 6.45) is 3.28. The largest absolute Gasteiger partial charge is 0.342 e. The number of nitrogens with zero attached hydrogens (tertiary/aromatic N) is 1. The molecule has 5 nitrogen and oxygen atoms in total. The summed E-state index contributed by atoms with van der Waals surface area (Å²) in [4.78, 5) is 14.8. The molecule has 0 radical (unpaired) electrons. The smallest absolute Gasteiger partial charge is 0.271 e. The number of hydrogen-bond donors (Lipinski definition) is 1. The lowest BCUT2D eigenvalue weighted by molar-refractivity contribution is -0.129. The van der Waals surface area contributed by atoms with Gasteiger partial charge >= 0.3 is 0 Å². The van der Waals surface area contributed by atoms with Crippen LogP contribution in [0.25, 0.3) is 0 Å². The van der Waals surface area contributed by atoms with Gasteiger partial charge in [0, 0.05) is 23.7 Å². The fourth-order valence-electron chi connectivity index (χ4n) is 2.84. The predicted octanol–water partition coefficient (Wildman–Crippen LogP) is 3.28. The van der Waals surface area contributed by atoms with Crippen molar-refractivity contribution in [2.75, 3.05) is 17.8 Å². The molecule has 1 N–H and O–H groups in total. The van der Waals surface area contributed by atoms with Gasteiger partial charge in [-0.1, -0.05) is 19.1 Å². The molecule has 1 aliphatic rings. The highest BCUT2D eigenvalue weighted by Crippen LogP contribution is 2.25. The molecule has 134 valence electrons. The third kappa shape index (κ3) is 4.41. The Morgan fingerprint density at radius 2 is 1.80 bits per heavy atom. The fraction of sp³-hybridized carbons (Fsp3) is 0.389. The van der Waals surface area contributed by atoms with Gasteiger partial charge in [-0.05, 0) is 49.1 Å². The van der Waals surface area contributed by atoms with E-state index in [4.69, 9.17) is 0 Å². The van der Waals surface area contributed by atoms with Gasteiger partial charge in [0.25, 0.3) is 10.0 Å². The maximum absolute atomic E-state index is 12.5. The number of amides is 1. The molecule has 0 unspecified atom stereocenters. The van der Waals surface area contributed by atoms with Gasteiger partial charge in [-0.15, -0.1) is 11.3 Å². The van der Waals surface area contributed by atoms with Gasteiger partial charge in [0.15, 0.2) is 0 Å². The maximum atomic E-state index is 12.5. The second kappa shape index (κ2) is 7.58. The number of nitrogens with one attached hydrogen (secondary N) is 1. The van der Waals surface area contributed by atoms with Crippen molar-refractivity contribution in [1.82, 2.24) is 4.90 Å². The van der Waals surface area contributed by atoms with Crippen LogP contribution < -0.4 is 4.72 Å². The Bertz CT molecular complexity index is 835. The van der Waals surface area contributed by atoms with Crippen molar-refractivity contribution in [2.24, 2.45) is 0 Å². The molecule has 0 bridgehead atoms. The average Bonchev–Trinajstić information content (AvgIpc) is 3.27. The molecule has 1 aliphatic heterocycles. The zero-order valence-electron chi connectivity index (χ0n) is 14.2. The molecule has 1 amide bonds. The number of benzene rings is 1. The number of carbonyl (C=O) groups excluding carboxylic acids is 1. The van der Waals surface area contributed by atoms with Crippen LogP contribution in [-0.4, -0.2) is 32.3 Å². The molecule has 2 heterocycles. The summed E-state index contributed by atoms with van der Waals surface area (Å²) in [7, 11) is -3.62. The number of aryl methyl sites for hydroxylation is 1. The number of carbonyl (C=O) groups is 1. The summed E-state index contributed by atoms with van der Waals surface area (Å²) in [5, 5.41) is 0. The van der Waals surface area contributed by atoms with E-state index in [0.29, 0.717) is 5.69 Å². The van der Waals surface area contributed by atoms with Crippen LogP contribution in [0.4, 0.5) is 5.69 Å². The first kappa shape index (κ1) is 17.9. The van der Waals surface area contributed by atoms with E-state index in [2.05, 4.69) is 11.6 Å². The Labute approximate surface area is 152 Å². The zero-order chi connectivity index (χ0) is 17.9. The number of thiophene rings is 1. The van der Waals surface area contributed by atoms with E-state index in [0.717, 1.165) is 54.1 Å². The Hall–Kier alpha value is -1.86. The monoisotopic (exact) mass is 378 g/mol. The van der Waals surface area contributed by atoms with Crippen molar-refractivity contribution in [1.29, 1.82) is 0 Å². The van der Waals surface area contributed by atoms with Gasteiger partial charge in [0.1, 0.15) is 4.21 Å². The average molecular weight is 379 g/mol. The molecular weight excluding hydrogens is 356 g/mol. The Balaban J connectivity index is 1.67. The molecular formula is C18H22N2O3S2. The van der Waals surface area contributed by atoms with Crippen molar-refractivity contribution in [3.8, 4) is 0 Å². The van der Waals surface area contributed by atoms with E-state index in [9.17, 15) is 13.2 Å². The number of anilines is 1. The Kier molecular flexibility index (Phi) is 5.44. The van der Waals surface area contributed by atoms with Gasteiger partial charge in [-0.3, -0.25) is 9.52 Å². The molecule has 0 atom stereocenters. The van der Waals surface area contributed by atoms with Gasteiger partial charge < -0.3 is 4.90 Å². The van der Waals surface area contributed by atoms with E-state index >= 15 is 0 Å². The molecule has 1 aromatic carbocycles. The van der Waals surface area contributed by atoms with Gasteiger partial charge in [0.2, 0.25) is 5.91 Å². The van der Waals surface area contributed by atoms with Crippen LogP contribution in [0.2, 0.25) is 0 Å². The first-order valence-electron chi connectivity index (χ1n) is 8.46. The van der Waals surface area contributed by atoms with Gasteiger partial charge in [-0.25, -0.2) is 8.42 Å². The standard InChI is InChI=1S/C18H22N2O3S2/c1-2-14-5-7-15(8-6-14)19-25(22,23)18-10-9-16(24-18)13-17(21)20-11-3-4-12-20/h5-10,19H,2-4,11-13H2,1H3. The minimum atomic E-state index is -3.62. The highest BCUT2D eigenvalue weighted by molar-refractivity contribution is 7.94. The fourth-order valence-corrected chi connectivity index (χ4v) is 5.24. The van der Waals surface area contributed by atoms with Crippen LogP contribution in [0.5, 0.6) is 0 Å². The van der Waals surface area contributed by atoms with Crippen LogP contribution in [0.15, 0.2) is 40.6 Å². The second-order valence-electron chi connectivity index (χ2n) is 6.14. The summed E-state index contributed by atoms with van der Waals surface area (Å²) in [5.74, 6) is 0.0754. The number of sulfonamides is 1. The first-order valence-corrected chi connectivity index (χ1v) is 10.8. The quantitative estimate of drug-likeness (QED) is 0.839. The van der Waals surface area contributed by atoms with E-state index in [1.54, 1.807) is 24.3 Å². The topological polar surface area (TPSA) is 66.5 Å². The lowest BCUT2D eigenvalue weighted by atomic mass is 10.2. The molecule has 0 aliphatic carbocycles. The summed E-state index contributed by atoms with van der Waals surface area (Å²) in [6.45, 7) is 3.67. The predicted molar refractivity (Wildman–Crippen MR) is 100 cm³/mol. The maximum Gasteiger partial charge on any atom is 0.271 e. The van der Waals surface area contributed by atoms with Crippen LogP contribution >= 0.6 is 11.3 Å². The van der Waals surface area contributed by atoms with E-state index in [-0.39, 0.29) is 16.5 Å². The minimum absolute atomic E-state index is 0.0754. The van der Waals surface area contributed by atoms with E-state index < -0.39 is 10.0 Å². The number of rotatable bonds is 6. The first-order chi connectivity index (χ1) is 12.0. The van der Waals surface area contributed by atoms with Crippen LogP contribution in [0.1, 0.15) is 30.2 Å². The molecule has 0 spiro atoms. The molecule has 25 heavy (non-hydrogen) atoms. The van der Waals surface area contributed by atoms with Crippen LogP contribution in [-0.2, 0) is 27.7 Å². The van der Waals surface area contributed by atoms with Crippen LogP contribution in [0, 0.1) is 0 Å². The molecule has 1 saturated heterocycles. The molecule has 2 aromatic rings. The van der Waals surface area contributed by atoms with Crippen molar-refractivity contribution in [3.05, 3.63) is 46.8 Å². The SMILES string of the molecule is CCc1ccc(NS(=O)(=O)c2ccc(CC(=O)N3CCCC3)s2)cc1. The third-order valence-electron chi connectivity index (χ3n) is 4.30. The lowest BCUT2D eigenvalue weighted by Gasteiger charge is -2.14. The van der Waals surface area contributed by atoms with E-state index in [1.165, 1.54) is 0 Å². The van der Waals surface area contributed by atoms with Gasteiger partial charge in [0.05, 0.1) is 6.42 Å².